The van der Waals surface area contributed by atoms with Gasteiger partial charge in [-0.25, -0.2) is 4.89 Å². The monoisotopic (exact) mass is 255 g/mol. The number of hydrogen-bond acceptors (Lipinski definition) is 4. The lowest BCUT2D eigenvalue weighted by Crippen LogP contribution is -2.36. The van der Waals surface area contributed by atoms with Gasteiger partial charge in [-0.2, -0.15) is 4.89 Å². The van der Waals surface area contributed by atoms with Gasteiger partial charge < -0.3 is 10.8 Å². The molecule has 2 aliphatic rings. The van der Waals surface area contributed by atoms with Crippen LogP contribution >= 0.6 is 0 Å². The fourth-order valence-electron chi connectivity index (χ4n) is 2.78. The Hall–Kier alpha value is -0.420. The van der Waals surface area contributed by atoms with Crippen molar-refractivity contribution in [2.24, 2.45) is 17.6 Å². The minimum Gasteiger partial charge on any atom is -0.360 e. The van der Waals surface area contributed by atoms with Crippen LogP contribution in [-0.4, -0.2) is 23.5 Å². The molecule has 0 aromatic heterocycles. The number of hydrogen-bond donors (Lipinski definition) is 2. The van der Waals surface area contributed by atoms with E-state index in [0.717, 1.165) is 51.0 Å². The molecule has 0 amide bonds. The second-order valence-corrected chi connectivity index (χ2v) is 5.69. The molecule has 2 unspecified atom stereocenters. The summed E-state index contributed by atoms with van der Waals surface area (Å²) in [7, 11) is 0. The van der Waals surface area contributed by atoms with Crippen LogP contribution in [0.4, 0.5) is 0 Å². The normalized spacial score (nSPS) is 40.3. The van der Waals surface area contributed by atoms with Crippen molar-refractivity contribution in [3.05, 3.63) is 12.2 Å². The number of aliphatic hydroxyl groups is 1. The van der Waals surface area contributed by atoms with Crippen molar-refractivity contribution >= 4 is 0 Å². The summed E-state index contributed by atoms with van der Waals surface area (Å²) in [4.78, 5) is 10.7. The molecule has 0 aliphatic heterocycles. The van der Waals surface area contributed by atoms with Crippen LogP contribution in [0.15, 0.2) is 12.2 Å². The van der Waals surface area contributed by atoms with Crippen molar-refractivity contribution in [1.29, 1.82) is 0 Å². The van der Waals surface area contributed by atoms with Gasteiger partial charge in [-0.15, -0.1) is 0 Å². The highest BCUT2D eigenvalue weighted by molar-refractivity contribution is 5.06. The summed E-state index contributed by atoms with van der Waals surface area (Å²) in [5.41, 5.74) is 5.57. The first-order chi connectivity index (χ1) is 8.64. The van der Waals surface area contributed by atoms with Crippen molar-refractivity contribution in [1.82, 2.24) is 0 Å². The Bertz CT molecular complexity index is 287. The van der Waals surface area contributed by atoms with Gasteiger partial charge in [-0.1, -0.05) is 13.0 Å². The van der Waals surface area contributed by atoms with E-state index in [1.54, 1.807) is 6.08 Å². The molecular formula is C14H25NO3. The maximum Gasteiger partial charge on any atom is 0.221 e. The van der Waals surface area contributed by atoms with Gasteiger partial charge in [0.05, 0.1) is 6.10 Å². The van der Waals surface area contributed by atoms with Crippen LogP contribution in [0, 0.1) is 11.8 Å². The van der Waals surface area contributed by atoms with E-state index in [1.165, 1.54) is 0 Å². The first kappa shape index (κ1) is 14.0. The van der Waals surface area contributed by atoms with Crippen LogP contribution in [0.5, 0.6) is 0 Å². The van der Waals surface area contributed by atoms with E-state index in [-0.39, 0.29) is 12.0 Å². The molecule has 0 heterocycles. The Labute approximate surface area is 109 Å². The first-order valence-electron chi connectivity index (χ1n) is 7.08. The smallest absolute Gasteiger partial charge is 0.221 e. The van der Waals surface area contributed by atoms with E-state index in [0.29, 0.717) is 0 Å². The standard InChI is InChI=1S/C14H25NO3/c1-11-3-2-9-14(11,16)18-17-13-6-4-12(5-7-13)8-10-15/h2,9,11-13,16H,3-8,10,15H2,1H3. The fourth-order valence-corrected chi connectivity index (χ4v) is 2.78. The molecule has 0 bridgehead atoms. The van der Waals surface area contributed by atoms with Crippen molar-refractivity contribution in [3.63, 3.8) is 0 Å². The van der Waals surface area contributed by atoms with Crippen molar-refractivity contribution in [2.45, 2.75) is 57.3 Å². The van der Waals surface area contributed by atoms with Crippen LogP contribution < -0.4 is 5.73 Å². The summed E-state index contributed by atoms with van der Waals surface area (Å²) < 4.78 is 0. The second kappa shape index (κ2) is 6.15. The van der Waals surface area contributed by atoms with Crippen LogP contribution in [-0.2, 0) is 9.78 Å². The SMILES string of the molecule is CC1CC=CC1(O)OOC1CCC(CCN)CC1. The molecule has 4 nitrogen and oxygen atoms in total. The van der Waals surface area contributed by atoms with Crippen molar-refractivity contribution in [3.8, 4) is 0 Å². The molecule has 0 saturated heterocycles. The largest absolute Gasteiger partial charge is 0.360 e. The van der Waals surface area contributed by atoms with Gasteiger partial charge in [0.25, 0.3) is 0 Å². The molecule has 4 heteroatoms. The minimum atomic E-state index is -1.23. The zero-order valence-corrected chi connectivity index (χ0v) is 11.2. The van der Waals surface area contributed by atoms with Gasteiger partial charge in [0.15, 0.2) is 0 Å². The lowest BCUT2D eigenvalue weighted by Gasteiger charge is -2.31. The topological polar surface area (TPSA) is 64.7 Å². The average molecular weight is 255 g/mol. The van der Waals surface area contributed by atoms with E-state index in [1.807, 2.05) is 13.0 Å². The van der Waals surface area contributed by atoms with Crippen LogP contribution in [0.25, 0.3) is 0 Å². The van der Waals surface area contributed by atoms with Crippen LogP contribution in [0.2, 0.25) is 0 Å². The second-order valence-electron chi connectivity index (χ2n) is 5.69. The number of nitrogens with two attached hydrogens (primary N) is 1. The van der Waals surface area contributed by atoms with Crippen LogP contribution in [0.1, 0.15) is 45.4 Å². The third kappa shape index (κ3) is 3.32. The molecule has 3 N–H and O–H groups in total. The summed E-state index contributed by atoms with van der Waals surface area (Å²) in [5, 5.41) is 10.2. The molecule has 1 fully saturated rings. The predicted molar refractivity (Wildman–Crippen MR) is 69.5 cm³/mol. The Morgan fingerprint density at radius 2 is 2.06 bits per heavy atom. The molecule has 0 aromatic carbocycles. The molecule has 2 rings (SSSR count). The number of allylic oxidation sites excluding steroid dienone is 1. The maximum absolute atomic E-state index is 10.2. The molecule has 0 spiro atoms. The van der Waals surface area contributed by atoms with Gasteiger partial charge >= 0.3 is 0 Å². The van der Waals surface area contributed by atoms with E-state index >= 15 is 0 Å². The van der Waals surface area contributed by atoms with E-state index in [4.69, 9.17) is 15.5 Å². The molecular weight excluding hydrogens is 230 g/mol. The average Bonchev–Trinajstić information content (AvgIpc) is 2.70. The van der Waals surface area contributed by atoms with E-state index in [9.17, 15) is 5.11 Å². The first-order valence-corrected chi connectivity index (χ1v) is 7.08. The van der Waals surface area contributed by atoms with E-state index in [2.05, 4.69) is 0 Å². The summed E-state index contributed by atoms with van der Waals surface area (Å²) in [6.07, 6.45) is 9.98. The molecule has 0 radical (unpaired) electrons. The van der Waals surface area contributed by atoms with Crippen molar-refractivity contribution < 1.29 is 14.9 Å². The maximum atomic E-state index is 10.2. The van der Waals surface area contributed by atoms with Gasteiger partial charge in [0.2, 0.25) is 5.79 Å². The van der Waals surface area contributed by atoms with Crippen molar-refractivity contribution in [2.75, 3.05) is 6.54 Å². The fraction of sp³-hybridized carbons (Fsp3) is 0.857. The highest BCUT2D eigenvalue weighted by atomic mass is 17.2. The highest BCUT2D eigenvalue weighted by Gasteiger charge is 2.37. The summed E-state index contributed by atoms with van der Waals surface area (Å²) in [6.45, 7) is 2.73. The predicted octanol–water partition coefficient (Wildman–Crippen LogP) is 2.13. The zero-order valence-electron chi connectivity index (χ0n) is 11.2. The molecule has 18 heavy (non-hydrogen) atoms. The van der Waals surface area contributed by atoms with Gasteiger partial charge in [0, 0.05) is 5.92 Å². The summed E-state index contributed by atoms with van der Waals surface area (Å²) in [6, 6.07) is 0. The Morgan fingerprint density at radius 3 is 2.61 bits per heavy atom. The Morgan fingerprint density at radius 1 is 1.33 bits per heavy atom. The number of rotatable bonds is 5. The zero-order chi connectivity index (χ0) is 13.0. The van der Waals surface area contributed by atoms with Crippen LogP contribution in [0.3, 0.4) is 0 Å². The summed E-state index contributed by atoms with van der Waals surface area (Å²) in [5.74, 6) is -0.428. The third-order valence-corrected chi connectivity index (χ3v) is 4.24. The minimum absolute atomic E-state index is 0.0612. The van der Waals surface area contributed by atoms with Gasteiger partial charge in [0.1, 0.15) is 0 Å². The van der Waals surface area contributed by atoms with Gasteiger partial charge in [-0.3, -0.25) is 0 Å². The quantitative estimate of drug-likeness (QED) is 0.342. The lowest BCUT2D eigenvalue weighted by atomic mass is 9.85. The molecule has 0 aromatic rings. The highest BCUT2D eigenvalue weighted by Crippen LogP contribution is 2.33. The Kier molecular flexibility index (Phi) is 4.78. The lowest BCUT2D eigenvalue weighted by molar-refractivity contribution is -0.432. The molecule has 2 atom stereocenters. The molecule has 2 aliphatic carbocycles. The van der Waals surface area contributed by atoms with E-state index < -0.39 is 5.79 Å². The molecule has 1 saturated carbocycles. The summed E-state index contributed by atoms with van der Waals surface area (Å²) >= 11 is 0. The third-order valence-electron chi connectivity index (χ3n) is 4.24. The Balaban J connectivity index is 1.71. The molecule has 104 valence electrons. The van der Waals surface area contributed by atoms with Gasteiger partial charge in [-0.05, 0) is 57.1 Å².